The van der Waals surface area contributed by atoms with Crippen LogP contribution in [0.1, 0.15) is 17.3 Å². The predicted molar refractivity (Wildman–Crippen MR) is 56.8 cm³/mol. The van der Waals surface area contributed by atoms with Gasteiger partial charge in [0.1, 0.15) is 10.6 Å². The van der Waals surface area contributed by atoms with Crippen molar-refractivity contribution in [3.05, 3.63) is 5.56 Å². The summed E-state index contributed by atoms with van der Waals surface area (Å²) in [5, 5.41) is 0.723. The van der Waals surface area contributed by atoms with Gasteiger partial charge in [0.2, 0.25) is 0 Å². The highest BCUT2D eigenvalue weighted by atomic mass is 32.1. The molecule has 0 bridgehead atoms. The third kappa shape index (κ3) is 1.95. The molecule has 0 aliphatic rings. The maximum Gasteiger partial charge on any atom is 0.345 e. The zero-order valence-corrected chi connectivity index (χ0v) is 9.22. The molecule has 5 nitrogen and oxygen atoms in total. The Hall–Kier alpha value is -1.30. The van der Waals surface area contributed by atoms with Gasteiger partial charge in [0.25, 0.3) is 0 Å². The summed E-state index contributed by atoms with van der Waals surface area (Å²) >= 11 is 1.19. The number of esters is 1. The molecule has 0 amide bonds. The fourth-order valence-electron chi connectivity index (χ4n) is 0.994. The van der Waals surface area contributed by atoms with E-state index in [1.54, 1.807) is 11.8 Å². The predicted octanol–water partition coefficient (Wildman–Crippen LogP) is 0.968. The lowest BCUT2D eigenvalue weighted by molar-refractivity contribution is 0.0528. The number of carbonyl (C=O) groups excluding carboxylic acids is 1. The first kappa shape index (κ1) is 10.8. The first-order valence-corrected chi connectivity index (χ1v) is 4.94. The quantitative estimate of drug-likeness (QED) is 0.761. The number of rotatable bonds is 3. The van der Waals surface area contributed by atoms with Gasteiger partial charge in [-0.3, -0.25) is 0 Å². The zero-order chi connectivity index (χ0) is 10.7. The van der Waals surface area contributed by atoms with E-state index in [-0.39, 0.29) is 5.82 Å². The van der Waals surface area contributed by atoms with Crippen molar-refractivity contribution in [2.24, 2.45) is 0 Å². The topological polar surface area (TPSA) is 68.5 Å². The van der Waals surface area contributed by atoms with Crippen LogP contribution in [0.2, 0.25) is 0 Å². The number of ether oxygens (including phenoxy) is 1. The summed E-state index contributed by atoms with van der Waals surface area (Å²) in [5.74, 6) is -0.181. The number of anilines is 2. The Kier molecular flexibility index (Phi) is 3.29. The van der Waals surface area contributed by atoms with Crippen LogP contribution in [0, 0.1) is 0 Å². The Morgan fingerprint density at radius 3 is 2.79 bits per heavy atom. The van der Waals surface area contributed by atoms with Gasteiger partial charge >= 0.3 is 5.97 Å². The Morgan fingerprint density at radius 1 is 1.64 bits per heavy atom. The number of hydrogen-bond donors (Lipinski definition) is 1. The number of carbonyl (C=O) groups is 1. The minimum Gasteiger partial charge on any atom is -0.462 e. The van der Waals surface area contributed by atoms with Crippen LogP contribution >= 0.6 is 11.5 Å². The molecule has 0 saturated carbocycles. The lowest BCUT2D eigenvalue weighted by atomic mass is 10.3. The van der Waals surface area contributed by atoms with Gasteiger partial charge in [-0.15, -0.1) is 0 Å². The highest BCUT2D eigenvalue weighted by molar-refractivity contribution is 7.11. The van der Waals surface area contributed by atoms with E-state index >= 15 is 0 Å². The molecule has 0 radical (unpaired) electrons. The molecule has 2 N–H and O–H groups in total. The largest absolute Gasteiger partial charge is 0.462 e. The fourth-order valence-corrected chi connectivity index (χ4v) is 1.71. The van der Waals surface area contributed by atoms with Crippen molar-refractivity contribution in [3.63, 3.8) is 0 Å². The van der Waals surface area contributed by atoms with Crippen LogP contribution in [0.3, 0.4) is 0 Å². The van der Waals surface area contributed by atoms with Gasteiger partial charge in [-0.1, -0.05) is 0 Å². The van der Waals surface area contributed by atoms with E-state index in [0.29, 0.717) is 12.2 Å². The molecule has 0 spiro atoms. The van der Waals surface area contributed by atoms with Crippen LogP contribution in [0.25, 0.3) is 0 Å². The third-order valence-corrected chi connectivity index (χ3v) is 2.62. The average Bonchev–Trinajstić information content (AvgIpc) is 2.47. The van der Waals surface area contributed by atoms with Crippen molar-refractivity contribution in [2.45, 2.75) is 6.92 Å². The number of hydrogen-bond acceptors (Lipinski definition) is 6. The number of aromatic nitrogens is 1. The standard InChI is InChI=1S/C8H13N3O2S/c1-4-13-8(12)5-6(9)10-14-7(5)11(2)3/h4H2,1-3H3,(H2,9,10). The monoisotopic (exact) mass is 215 g/mol. The molecule has 1 heterocycles. The van der Waals surface area contributed by atoms with Crippen LogP contribution in [0.5, 0.6) is 0 Å². The Morgan fingerprint density at radius 2 is 2.29 bits per heavy atom. The van der Waals surface area contributed by atoms with Crippen molar-refractivity contribution in [3.8, 4) is 0 Å². The molecule has 1 aromatic heterocycles. The molecule has 0 aliphatic heterocycles. The highest BCUT2D eigenvalue weighted by Crippen LogP contribution is 2.29. The van der Waals surface area contributed by atoms with E-state index in [9.17, 15) is 4.79 Å². The SMILES string of the molecule is CCOC(=O)c1c(N)nsc1N(C)C. The van der Waals surface area contributed by atoms with Crippen LogP contribution in [0.15, 0.2) is 0 Å². The first-order chi connectivity index (χ1) is 6.57. The molecule has 0 fully saturated rings. The minimum atomic E-state index is -0.414. The molecule has 14 heavy (non-hydrogen) atoms. The lowest BCUT2D eigenvalue weighted by Gasteiger charge is -2.10. The minimum absolute atomic E-state index is 0.233. The molecule has 0 unspecified atom stereocenters. The van der Waals surface area contributed by atoms with Gasteiger partial charge in [0.15, 0.2) is 5.82 Å². The van der Waals surface area contributed by atoms with Gasteiger partial charge < -0.3 is 15.4 Å². The molecule has 0 aromatic carbocycles. The van der Waals surface area contributed by atoms with Crippen molar-refractivity contribution in [2.75, 3.05) is 31.3 Å². The van der Waals surface area contributed by atoms with Crippen molar-refractivity contribution < 1.29 is 9.53 Å². The van der Waals surface area contributed by atoms with Crippen LogP contribution in [0.4, 0.5) is 10.8 Å². The fraction of sp³-hybridized carbons (Fsp3) is 0.500. The van der Waals surface area contributed by atoms with E-state index in [0.717, 1.165) is 5.00 Å². The Balaban J connectivity index is 3.04. The van der Waals surface area contributed by atoms with Gasteiger partial charge in [-0.2, -0.15) is 4.37 Å². The molecular weight excluding hydrogens is 202 g/mol. The maximum atomic E-state index is 11.5. The van der Waals surface area contributed by atoms with Crippen molar-refractivity contribution in [1.82, 2.24) is 4.37 Å². The molecule has 6 heteroatoms. The van der Waals surface area contributed by atoms with Gasteiger partial charge in [-0.05, 0) is 18.5 Å². The van der Waals surface area contributed by atoms with Crippen LogP contribution < -0.4 is 10.6 Å². The summed E-state index contributed by atoms with van der Waals surface area (Å²) in [5.41, 5.74) is 5.94. The normalized spacial score (nSPS) is 9.93. The van der Waals surface area contributed by atoms with E-state index in [2.05, 4.69) is 4.37 Å². The Labute approximate surface area is 86.6 Å². The maximum absolute atomic E-state index is 11.5. The van der Waals surface area contributed by atoms with Gasteiger partial charge in [0.05, 0.1) is 6.61 Å². The average molecular weight is 215 g/mol. The molecule has 0 saturated heterocycles. The first-order valence-electron chi connectivity index (χ1n) is 4.17. The van der Waals surface area contributed by atoms with Crippen LogP contribution in [-0.2, 0) is 4.74 Å². The summed E-state index contributed by atoms with van der Waals surface area (Å²) in [6.45, 7) is 2.09. The lowest BCUT2D eigenvalue weighted by Crippen LogP contribution is -2.14. The molecule has 0 atom stereocenters. The highest BCUT2D eigenvalue weighted by Gasteiger charge is 2.21. The van der Waals surface area contributed by atoms with Crippen molar-refractivity contribution >= 4 is 28.3 Å². The second kappa shape index (κ2) is 4.28. The van der Waals surface area contributed by atoms with Crippen molar-refractivity contribution in [1.29, 1.82) is 0 Å². The summed E-state index contributed by atoms with van der Waals surface area (Å²) < 4.78 is 8.80. The van der Waals surface area contributed by atoms with Gasteiger partial charge in [-0.25, -0.2) is 4.79 Å². The van der Waals surface area contributed by atoms with E-state index in [4.69, 9.17) is 10.5 Å². The number of nitrogen functional groups attached to an aromatic ring is 1. The number of nitrogens with zero attached hydrogens (tertiary/aromatic N) is 2. The summed E-state index contributed by atoms with van der Waals surface area (Å²) in [6, 6.07) is 0. The molecule has 0 aliphatic carbocycles. The molecule has 78 valence electrons. The number of nitrogens with two attached hydrogens (primary N) is 1. The van der Waals surface area contributed by atoms with E-state index < -0.39 is 5.97 Å². The Bertz CT molecular complexity index is 335. The zero-order valence-electron chi connectivity index (χ0n) is 8.40. The molecular formula is C8H13N3O2S. The van der Waals surface area contributed by atoms with E-state index in [1.807, 2.05) is 14.1 Å². The molecule has 1 aromatic rings. The summed E-state index contributed by atoms with van der Waals surface area (Å²) in [4.78, 5) is 13.3. The third-order valence-electron chi connectivity index (χ3n) is 1.59. The summed E-state index contributed by atoms with van der Waals surface area (Å²) in [7, 11) is 3.66. The second-order valence-corrected chi connectivity index (χ2v) is 3.61. The van der Waals surface area contributed by atoms with Gasteiger partial charge in [0, 0.05) is 14.1 Å². The second-order valence-electron chi connectivity index (χ2n) is 2.86. The van der Waals surface area contributed by atoms with Crippen LogP contribution in [-0.4, -0.2) is 31.0 Å². The molecule has 1 rings (SSSR count). The summed E-state index contributed by atoms with van der Waals surface area (Å²) in [6.07, 6.45) is 0. The van der Waals surface area contributed by atoms with E-state index in [1.165, 1.54) is 11.5 Å². The smallest absolute Gasteiger partial charge is 0.345 e.